The van der Waals surface area contributed by atoms with Gasteiger partial charge in [0.1, 0.15) is 12.4 Å². The van der Waals surface area contributed by atoms with E-state index >= 15 is 0 Å². The van der Waals surface area contributed by atoms with Crippen LogP contribution in [0.4, 0.5) is 4.39 Å². The lowest BCUT2D eigenvalue weighted by Gasteiger charge is -2.06. The van der Waals surface area contributed by atoms with E-state index in [-0.39, 0.29) is 18.1 Å². The summed E-state index contributed by atoms with van der Waals surface area (Å²) in [6.07, 6.45) is 0. The van der Waals surface area contributed by atoms with Gasteiger partial charge in [-0.1, -0.05) is 35.0 Å². The van der Waals surface area contributed by atoms with Crippen molar-refractivity contribution in [2.75, 3.05) is 0 Å². The van der Waals surface area contributed by atoms with Crippen LogP contribution in [-0.4, -0.2) is 21.0 Å². The van der Waals surface area contributed by atoms with Crippen LogP contribution in [0.15, 0.2) is 42.5 Å². The molecule has 0 aliphatic carbocycles. The van der Waals surface area contributed by atoms with E-state index in [0.717, 1.165) is 5.56 Å². The molecule has 128 valence electrons. The van der Waals surface area contributed by atoms with Gasteiger partial charge in [-0.2, -0.15) is 0 Å². The molecule has 3 rings (SSSR count). The molecule has 0 atom stereocenters. The molecule has 2 aromatic carbocycles. The van der Waals surface area contributed by atoms with E-state index in [9.17, 15) is 9.18 Å². The number of nitrogens with zero attached hydrogens (tertiary/aromatic N) is 3. The van der Waals surface area contributed by atoms with Gasteiger partial charge in [-0.25, -0.2) is 13.9 Å². The normalized spacial score (nSPS) is 10.7. The fourth-order valence-corrected chi connectivity index (χ4v) is 2.40. The predicted molar refractivity (Wildman–Crippen MR) is 91.4 cm³/mol. The van der Waals surface area contributed by atoms with E-state index in [4.69, 9.17) is 16.3 Å². The fourth-order valence-electron chi connectivity index (χ4n) is 2.27. The van der Waals surface area contributed by atoms with Gasteiger partial charge in [0, 0.05) is 5.02 Å². The second-order valence-electron chi connectivity index (χ2n) is 5.57. The molecule has 0 saturated heterocycles. The first-order valence-electron chi connectivity index (χ1n) is 7.56. The van der Waals surface area contributed by atoms with Crippen molar-refractivity contribution in [2.45, 2.75) is 20.5 Å². The van der Waals surface area contributed by atoms with E-state index < -0.39 is 5.97 Å². The minimum absolute atomic E-state index is 0.0925. The van der Waals surface area contributed by atoms with Gasteiger partial charge >= 0.3 is 5.97 Å². The fraction of sp³-hybridized carbons (Fsp3) is 0.167. The molecule has 5 nitrogen and oxygen atoms in total. The van der Waals surface area contributed by atoms with Gasteiger partial charge in [0.2, 0.25) is 0 Å². The maximum absolute atomic E-state index is 13.7. The number of hydrogen-bond donors (Lipinski definition) is 0. The zero-order valence-electron chi connectivity index (χ0n) is 13.7. The number of rotatable bonds is 4. The molecule has 1 aromatic heterocycles. The Labute approximate surface area is 149 Å². The minimum Gasteiger partial charge on any atom is -0.456 e. The monoisotopic (exact) mass is 359 g/mol. The number of carbonyl (C=O) groups excluding carboxylic acids is 1. The number of aromatic nitrogens is 3. The third-order valence-corrected chi connectivity index (χ3v) is 4.02. The Morgan fingerprint density at radius 2 is 1.92 bits per heavy atom. The van der Waals surface area contributed by atoms with Crippen LogP contribution in [0.5, 0.6) is 0 Å². The summed E-state index contributed by atoms with van der Waals surface area (Å²) in [6, 6.07) is 11.7. The SMILES string of the molecule is Cc1ccc(-n2nnc(C(=O)OCc3ccc(Cl)cc3)c2C)cc1F. The Morgan fingerprint density at radius 3 is 2.60 bits per heavy atom. The number of esters is 1. The molecule has 3 aromatic rings. The van der Waals surface area contributed by atoms with Gasteiger partial charge in [0.05, 0.1) is 11.4 Å². The summed E-state index contributed by atoms with van der Waals surface area (Å²) in [5.41, 5.74) is 2.40. The predicted octanol–water partition coefficient (Wildman–Crippen LogP) is 4.03. The first-order valence-corrected chi connectivity index (χ1v) is 7.94. The summed E-state index contributed by atoms with van der Waals surface area (Å²) in [4.78, 5) is 12.2. The zero-order valence-corrected chi connectivity index (χ0v) is 14.4. The summed E-state index contributed by atoms with van der Waals surface area (Å²) < 4.78 is 20.4. The van der Waals surface area contributed by atoms with Crippen molar-refractivity contribution in [3.63, 3.8) is 0 Å². The molecule has 7 heteroatoms. The Kier molecular flexibility index (Phi) is 4.81. The lowest BCUT2D eigenvalue weighted by molar-refractivity contribution is 0.0464. The number of hydrogen-bond acceptors (Lipinski definition) is 4. The van der Waals surface area contributed by atoms with E-state index in [1.54, 1.807) is 50.2 Å². The van der Waals surface area contributed by atoms with Gasteiger partial charge in [0.25, 0.3) is 0 Å². The summed E-state index contributed by atoms with van der Waals surface area (Å²) in [7, 11) is 0. The molecule has 0 radical (unpaired) electrons. The topological polar surface area (TPSA) is 57.0 Å². The summed E-state index contributed by atoms with van der Waals surface area (Å²) in [5.74, 6) is -0.939. The van der Waals surface area contributed by atoms with Gasteiger partial charge in [-0.3, -0.25) is 0 Å². The second-order valence-corrected chi connectivity index (χ2v) is 6.01. The highest BCUT2D eigenvalue weighted by molar-refractivity contribution is 6.30. The molecule has 0 unspecified atom stereocenters. The van der Waals surface area contributed by atoms with E-state index in [1.165, 1.54) is 10.7 Å². The number of ether oxygens (including phenoxy) is 1. The first-order chi connectivity index (χ1) is 12.0. The van der Waals surface area contributed by atoms with E-state index in [1.807, 2.05) is 0 Å². The van der Waals surface area contributed by atoms with Crippen LogP contribution in [0.3, 0.4) is 0 Å². The Bertz CT molecular complexity index is 923. The second kappa shape index (κ2) is 7.03. The maximum atomic E-state index is 13.7. The average Bonchev–Trinajstić information content (AvgIpc) is 2.98. The van der Waals surface area contributed by atoms with Crippen LogP contribution in [0, 0.1) is 19.7 Å². The zero-order chi connectivity index (χ0) is 18.0. The third kappa shape index (κ3) is 3.69. The van der Waals surface area contributed by atoms with Crippen LogP contribution in [0.1, 0.15) is 27.3 Å². The van der Waals surface area contributed by atoms with Crippen LogP contribution >= 0.6 is 11.6 Å². The van der Waals surface area contributed by atoms with Gasteiger partial charge < -0.3 is 4.74 Å². The van der Waals surface area contributed by atoms with E-state index in [0.29, 0.717) is 22.0 Å². The van der Waals surface area contributed by atoms with Crippen molar-refractivity contribution in [1.29, 1.82) is 0 Å². The molecule has 0 aliphatic rings. The smallest absolute Gasteiger partial charge is 0.361 e. The lowest BCUT2D eigenvalue weighted by Crippen LogP contribution is -2.08. The summed E-state index contributed by atoms with van der Waals surface area (Å²) in [5, 5.41) is 8.40. The van der Waals surface area contributed by atoms with Crippen molar-refractivity contribution in [2.24, 2.45) is 0 Å². The molecule has 0 aliphatic heterocycles. The molecule has 0 spiro atoms. The largest absolute Gasteiger partial charge is 0.456 e. The third-order valence-electron chi connectivity index (χ3n) is 3.77. The van der Waals surface area contributed by atoms with Gasteiger partial charge in [0.15, 0.2) is 5.69 Å². The van der Waals surface area contributed by atoms with Crippen molar-refractivity contribution < 1.29 is 13.9 Å². The lowest BCUT2D eigenvalue weighted by atomic mass is 10.2. The number of carbonyl (C=O) groups is 1. The number of halogens is 2. The Morgan fingerprint density at radius 1 is 1.20 bits per heavy atom. The summed E-state index contributed by atoms with van der Waals surface area (Å²) >= 11 is 5.82. The van der Waals surface area contributed by atoms with Crippen LogP contribution in [0.2, 0.25) is 5.02 Å². The minimum atomic E-state index is -0.591. The van der Waals surface area contributed by atoms with Crippen molar-refractivity contribution in [3.8, 4) is 5.69 Å². The van der Waals surface area contributed by atoms with Crippen LogP contribution in [0.25, 0.3) is 5.69 Å². The van der Waals surface area contributed by atoms with E-state index in [2.05, 4.69) is 10.3 Å². The Balaban J connectivity index is 1.76. The number of aryl methyl sites for hydroxylation is 1. The molecule has 0 saturated carbocycles. The highest BCUT2D eigenvalue weighted by Gasteiger charge is 2.19. The Hall–Kier alpha value is -2.73. The van der Waals surface area contributed by atoms with Crippen molar-refractivity contribution in [1.82, 2.24) is 15.0 Å². The molecular weight excluding hydrogens is 345 g/mol. The molecule has 0 amide bonds. The quantitative estimate of drug-likeness (QED) is 0.660. The van der Waals surface area contributed by atoms with Gasteiger partial charge in [-0.15, -0.1) is 5.10 Å². The maximum Gasteiger partial charge on any atom is 0.361 e. The summed E-state index contributed by atoms with van der Waals surface area (Å²) in [6.45, 7) is 3.45. The molecule has 0 fully saturated rings. The molecule has 0 bridgehead atoms. The standard InChI is InChI=1S/C18H15ClFN3O2/c1-11-3-8-15(9-16(11)20)23-12(2)17(21-22-23)18(24)25-10-13-4-6-14(19)7-5-13/h3-9H,10H2,1-2H3. The highest BCUT2D eigenvalue weighted by atomic mass is 35.5. The highest BCUT2D eigenvalue weighted by Crippen LogP contribution is 2.17. The molecule has 25 heavy (non-hydrogen) atoms. The molecular formula is C18H15ClFN3O2. The van der Waals surface area contributed by atoms with Gasteiger partial charge in [-0.05, 0) is 49.2 Å². The number of benzene rings is 2. The van der Waals surface area contributed by atoms with Crippen LogP contribution in [-0.2, 0) is 11.3 Å². The van der Waals surface area contributed by atoms with Crippen LogP contribution < -0.4 is 0 Å². The molecule has 0 N–H and O–H groups in total. The average molecular weight is 360 g/mol. The first kappa shape index (κ1) is 17.1. The van der Waals surface area contributed by atoms with Crippen molar-refractivity contribution in [3.05, 3.63) is 75.8 Å². The van der Waals surface area contributed by atoms with Crippen molar-refractivity contribution >= 4 is 17.6 Å². The molecule has 1 heterocycles.